The van der Waals surface area contributed by atoms with Crippen molar-refractivity contribution < 1.29 is 24.4 Å². The Morgan fingerprint density at radius 2 is 1.83 bits per heavy atom. The summed E-state index contributed by atoms with van der Waals surface area (Å²) in [6.45, 7) is 8.33. The average Bonchev–Trinajstić information content (AvgIpc) is 2.84. The molecule has 0 aliphatic carbocycles. The van der Waals surface area contributed by atoms with Gasteiger partial charge in [-0.1, -0.05) is 48.0 Å². The van der Waals surface area contributed by atoms with Gasteiger partial charge in [-0.15, -0.1) is 0 Å². The van der Waals surface area contributed by atoms with Crippen molar-refractivity contribution >= 4 is 25.2 Å². The number of nitrogens with zero attached hydrogens (tertiary/aromatic N) is 2. The monoisotopic (exact) mass is 477 g/mol. The zero-order valence-electron chi connectivity index (χ0n) is 20.6. The van der Waals surface area contributed by atoms with E-state index in [4.69, 9.17) is 4.74 Å². The van der Waals surface area contributed by atoms with Crippen LogP contribution in [0.2, 0.25) is 0 Å². The molecule has 0 saturated carbocycles. The van der Waals surface area contributed by atoms with Crippen molar-refractivity contribution in [1.29, 1.82) is 5.26 Å². The lowest BCUT2D eigenvalue weighted by Gasteiger charge is -2.20. The fourth-order valence-corrected chi connectivity index (χ4v) is 3.51. The molecule has 184 valence electrons. The van der Waals surface area contributed by atoms with Crippen LogP contribution in [-0.4, -0.2) is 53.1 Å². The van der Waals surface area contributed by atoms with E-state index in [1.165, 1.54) is 6.08 Å². The lowest BCUT2D eigenvalue weighted by Crippen LogP contribution is -2.48. The number of ether oxygens (including phenoxy) is 1. The van der Waals surface area contributed by atoms with Gasteiger partial charge in [0.1, 0.15) is 17.7 Å². The number of nitrogens with one attached hydrogen (secondary N) is 1. The molecule has 2 amide bonds. The third kappa shape index (κ3) is 8.28. The molecule has 8 nitrogen and oxygen atoms in total. The van der Waals surface area contributed by atoms with E-state index in [2.05, 4.69) is 5.32 Å². The molecule has 0 fully saturated rings. The average molecular weight is 477 g/mol. The summed E-state index contributed by atoms with van der Waals surface area (Å²) in [6.07, 6.45) is 0.275. The summed E-state index contributed by atoms with van der Waals surface area (Å²) < 4.78 is 5.45. The second-order valence-electron chi connectivity index (χ2n) is 8.22. The van der Waals surface area contributed by atoms with Gasteiger partial charge in [-0.2, -0.15) is 5.26 Å². The van der Waals surface area contributed by atoms with Crippen LogP contribution in [0.4, 0.5) is 4.79 Å². The summed E-state index contributed by atoms with van der Waals surface area (Å²) in [5.41, 5.74) is 3.22. The fraction of sp³-hybridized carbons (Fsp3) is 0.346. The van der Waals surface area contributed by atoms with Crippen molar-refractivity contribution in [3.8, 4) is 6.07 Å². The van der Waals surface area contributed by atoms with Gasteiger partial charge in [0.25, 0.3) is 5.91 Å². The second-order valence-corrected chi connectivity index (χ2v) is 8.22. The number of amides is 2. The summed E-state index contributed by atoms with van der Waals surface area (Å²) >= 11 is 0. The molecule has 0 aliphatic rings. The minimum atomic E-state index is -1.76. The first-order chi connectivity index (χ1) is 16.7. The van der Waals surface area contributed by atoms with Crippen LogP contribution in [0.3, 0.4) is 0 Å². The van der Waals surface area contributed by atoms with Crippen LogP contribution in [0.5, 0.6) is 0 Å². The maximum Gasteiger partial charge on any atom is 0.475 e. The Kier molecular flexibility index (Phi) is 10.5. The summed E-state index contributed by atoms with van der Waals surface area (Å²) in [7, 11) is -1.76. The molecule has 0 bridgehead atoms. The highest BCUT2D eigenvalue weighted by atomic mass is 16.6. The summed E-state index contributed by atoms with van der Waals surface area (Å²) in [5, 5.41) is 31.4. The van der Waals surface area contributed by atoms with Crippen molar-refractivity contribution in [2.75, 3.05) is 13.1 Å². The van der Waals surface area contributed by atoms with Gasteiger partial charge >= 0.3 is 13.2 Å². The predicted octanol–water partition coefficient (Wildman–Crippen LogP) is 3.18. The highest BCUT2D eigenvalue weighted by molar-refractivity contribution is 6.43. The van der Waals surface area contributed by atoms with Crippen LogP contribution in [0.15, 0.2) is 54.1 Å². The number of hydrogen-bond donors (Lipinski definition) is 3. The summed E-state index contributed by atoms with van der Waals surface area (Å²) in [4.78, 5) is 26.6. The Bertz CT molecular complexity index is 1080. The number of aryl methyl sites for hydroxylation is 1. The fourth-order valence-electron chi connectivity index (χ4n) is 3.51. The molecule has 0 radical (unpaired) electrons. The minimum Gasteiger partial charge on any atom is -0.442 e. The van der Waals surface area contributed by atoms with Crippen LogP contribution >= 0.6 is 0 Å². The molecule has 3 N–H and O–H groups in total. The van der Waals surface area contributed by atoms with E-state index in [0.717, 1.165) is 11.1 Å². The van der Waals surface area contributed by atoms with Crippen LogP contribution in [0.25, 0.3) is 6.08 Å². The van der Waals surface area contributed by atoms with Crippen molar-refractivity contribution in [3.63, 3.8) is 0 Å². The first-order valence-corrected chi connectivity index (χ1v) is 11.6. The molecule has 2 rings (SSSR count). The van der Waals surface area contributed by atoms with Gasteiger partial charge in [0.2, 0.25) is 0 Å². The second kappa shape index (κ2) is 13.3. The normalized spacial score (nSPS) is 12.8. The topological polar surface area (TPSA) is 123 Å². The molecule has 2 aromatic carbocycles. The number of alkyl carbamates (subject to hydrolysis) is 1. The molecule has 9 heteroatoms. The van der Waals surface area contributed by atoms with Crippen LogP contribution in [-0.2, 0) is 16.0 Å². The van der Waals surface area contributed by atoms with Crippen LogP contribution in [0, 0.1) is 18.3 Å². The van der Waals surface area contributed by atoms with E-state index >= 15 is 0 Å². The number of carbonyl (C=O) groups excluding carboxylic acids is 2. The SMILES string of the molecule is CCN(CC)C(=O)C(C#N)=Cc1cccc(C(C)OC(=O)NC(Cc2ccc(C)cc2)B(O)O)c1. The molecule has 2 atom stereocenters. The summed E-state index contributed by atoms with van der Waals surface area (Å²) in [6, 6.07) is 16.5. The van der Waals surface area contributed by atoms with Crippen LogP contribution < -0.4 is 5.32 Å². The minimum absolute atomic E-state index is 0.0213. The van der Waals surface area contributed by atoms with Gasteiger partial charge in [0.05, 0.1) is 5.94 Å². The van der Waals surface area contributed by atoms with Crippen molar-refractivity contribution in [3.05, 3.63) is 76.4 Å². The third-order valence-corrected chi connectivity index (χ3v) is 5.62. The van der Waals surface area contributed by atoms with Crippen molar-refractivity contribution in [2.24, 2.45) is 0 Å². The number of hydrogen-bond acceptors (Lipinski definition) is 6. The van der Waals surface area contributed by atoms with Crippen molar-refractivity contribution in [1.82, 2.24) is 10.2 Å². The first-order valence-electron chi connectivity index (χ1n) is 11.6. The molecular weight excluding hydrogens is 445 g/mol. The maximum absolute atomic E-state index is 12.5. The Morgan fingerprint density at radius 3 is 2.40 bits per heavy atom. The van der Waals surface area contributed by atoms with E-state index in [1.54, 1.807) is 36.1 Å². The predicted molar refractivity (Wildman–Crippen MR) is 135 cm³/mol. The quantitative estimate of drug-likeness (QED) is 0.275. The van der Waals surface area contributed by atoms with Crippen molar-refractivity contribution in [2.45, 2.75) is 46.2 Å². The van der Waals surface area contributed by atoms with E-state index in [9.17, 15) is 24.9 Å². The lowest BCUT2D eigenvalue weighted by atomic mass is 9.76. The van der Waals surface area contributed by atoms with E-state index in [1.807, 2.05) is 51.1 Å². The Labute approximate surface area is 207 Å². The molecule has 0 aromatic heterocycles. The largest absolute Gasteiger partial charge is 0.475 e. The van der Waals surface area contributed by atoms with Gasteiger partial charge < -0.3 is 25.0 Å². The summed E-state index contributed by atoms with van der Waals surface area (Å²) in [5.74, 6) is -1.29. The van der Waals surface area contributed by atoms with Gasteiger partial charge in [0.15, 0.2) is 0 Å². The highest BCUT2D eigenvalue weighted by Gasteiger charge is 2.27. The smallest absolute Gasteiger partial charge is 0.442 e. The molecule has 0 heterocycles. The van der Waals surface area contributed by atoms with E-state index in [-0.39, 0.29) is 17.9 Å². The van der Waals surface area contributed by atoms with E-state index in [0.29, 0.717) is 24.2 Å². The number of benzene rings is 2. The molecule has 2 unspecified atom stereocenters. The zero-order valence-corrected chi connectivity index (χ0v) is 20.6. The Hall–Kier alpha value is -3.61. The van der Waals surface area contributed by atoms with E-state index < -0.39 is 25.3 Å². The number of likely N-dealkylation sites (N-methyl/N-ethyl adjacent to an activating group) is 1. The molecule has 0 aliphatic heterocycles. The van der Waals surface area contributed by atoms with Gasteiger partial charge in [-0.3, -0.25) is 4.79 Å². The third-order valence-electron chi connectivity index (χ3n) is 5.62. The van der Waals surface area contributed by atoms with Gasteiger partial charge in [-0.25, -0.2) is 4.79 Å². The maximum atomic E-state index is 12.5. The van der Waals surface area contributed by atoms with Crippen LogP contribution in [0.1, 0.15) is 49.1 Å². The standard InChI is InChI=1S/C26H32BN3O5/c1-5-30(6-2)25(31)23(17-28)15-21-8-7-9-22(14-21)19(4)35-26(32)29-24(27(33)34)16-20-12-10-18(3)11-13-20/h7-15,19,24,33-34H,5-6,16H2,1-4H3,(H,29,32). The number of carbonyl (C=O) groups is 2. The first kappa shape index (κ1) is 27.6. The molecule has 35 heavy (non-hydrogen) atoms. The number of nitriles is 1. The lowest BCUT2D eigenvalue weighted by molar-refractivity contribution is -0.126. The Morgan fingerprint density at radius 1 is 1.17 bits per heavy atom. The number of rotatable bonds is 10. The zero-order chi connectivity index (χ0) is 26.0. The Balaban J connectivity index is 2.09. The van der Waals surface area contributed by atoms with Gasteiger partial charge in [0, 0.05) is 13.1 Å². The molecule has 0 saturated heterocycles. The van der Waals surface area contributed by atoms with Gasteiger partial charge in [-0.05, 0) is 62.9 Å². The highest BCUT2D eigenvalue weighted by Crippen LogP contribution is 2.20. The molecule has 0 spiro atoms. The molecule has 2 aromatic rings. The molecular formula is C26H32BN3O5.